The molecule has 30 heavy (non-hydrogen) atoms. The zero-order valence-electron chi connectivity index (χ0n) is 16.3. The summed E-state index contributed by atoms with van der Waals surface area (Å²) in [5.74, 6) is 0.378. The van der Waals surface area contributed by atoms with Crippen molar-refractivity contribution in [1.82, 2.24) is 4.98 Å². The summed E-state index contributed by atoms with van der Waals surface area (Å²) in [7, 11) is 0. The Morgan fingerprint density at radius 1 is 1.00 bits per heavy atom. The average molecular weight is 402 g/mol. The van der Waals surface area contributed by atoms with Gasteiger partial charge in [-0.25, -0.2) is 9.37 Å². The van der Waals surface area contributed by atoms with E-state index in [1.54, 1.807) is 54.6 Å². The Morgan fingerprint density at radius 2 is 1.70 bits per heavy atom. The van der Waals surface area contributed by atoms with Gasteiger partial charge in [0.05, 0.1) is 29.6 Å². The van der Waals surface area contributed by atoms with Gasteiger partial charge in [-0.1, -0.05) is 36.4 Å². The lowest BCUT2D eigenvalue weighted by atomic mass is 10.1. The van der Waals surface area contributed by atoms with Gasteiger partial charge in [0, 0.05) is 5.56 Å². The van der Waals surface area contributed by atoms with E-state index in [4.69, 9.17) is 9.15 Å². The predicted molar refractivity (Wildman–Crippen MR) is 113 cm³/mol. The van der Waals surface area contributed by atoms with E-state index < -0.39 is 5.82 Å². The monoisotopic (exact) mass is 402 g/mol. The fourth-order valence-corrected chi connectivity index (χ4v) is 3.09. The summed E-state index contributed by atoms with van der Waals surface area (Å²) in [6, 6.07) is 20.5. The number of hydrogen-bond donors (Lipinski definition) is 1. The van der Waals surface area contributed by atoms with Gasteiger partial charge in [-0.05, 0) is 43.3 Å². The summed E-state index contributed by atoms with van der Waals surface area (Å²) < 4.78 is 25.4. The minimum Gasteiger partial charge on any atom is -0.492 e. The number of amides is 1. The number of oxazole rings is 1. The van der Waals surface area contributed by atoms with Gasteiger partial charge in [0.15, 0.2) is 5.76 Å². The molecule has 4 rings (SSSR count). The maximum absolute atomic E-state index is 14.1. The van der Waals surface area contributed by atoms with Crippen LogP contribution in [-0.4, -0.2) is 17.5 Å². The van der Waals surface area contributed by atoms with Crippen LogP contribution in [0.2, 0.25) is 0 Å². The molecule has 0 bridgehead atoms. The summed E-state index contributed by atoms with van der Waals surface area (Å²) >= 11 is 0. The van der Waals surface area contributed by atoms with Gasteiger partial charge in [0.1, 0.15) is 11.6 Å². The number of halogens is 1. The Bertz CT molecular complexity index is 1190. The highest BCUT2D eigenvalue weighted by Crippen LogP contribution is 2.31. The Balaban J connectivity index is 1.66. The Labute approximate surface area is 173 Å². The largest absolute Gasteiger partial charge is 0.492 e. The molecule has 6 heteroatoms. The third kappa shape index (κ3) is 3.93. The van der Waals surface area contributed by atoms with E-state index in [-0.39, 0.29) is 11.8 Å². The van der Waals surface area contributed by atoms with Crippen molar-refractivity contribution in [3.8, 4) is 28.5 Å². The molecule has 0 saturated heterocycles. The number of ether oxygens (including phenoxy) is 1. The van der Waals surface area contributed by atoms with Gasteiger partial charge >= 0.3 is 0 Å². The van der Waals surface area contributed by atoms with Crippen molar-refractivity contribution in [2.45, 2.75) is 6.92 Å². The highest BCUT2D eigenvalue weighted by molar-refractivity contribution is 6.08. The zero-order chi connectivity index (χ0) is 20.9. The van der Waals surface area contributed by atoms with E-state index in [2.05, 4.69) is 10.3 Å². The van der Waals surface area contributed by atoms with E-state index in [1.807, 2.05) is 19.1 Å². The van der Waals surface area contributed by atoms with Crippen LogP contribution in [-0.2, 0) is 0 Å². The molecule has 0 fully saturated rings. The molecule has 0 aliphatic carbocycles. The van der Waals surface area contributed by atoms with Gasteiger partial charge in [0.2, 0.25) is 5.89 Å². The van der Waals surface area contributed by atoms with Gasteiger partial charge in [-0.3, -0.25) is 4.79 Å². The third-order valence-electron chi connectivity index (χ3n) is 4.48. The van der Waals surface area contributed by atoms with E-state index in [9.17, 15) is 9.18 Å². The van der Waals surface area contributed by atoms with Crippen molar-refractivity contribution in [2.24, 2.45) is 0 Å². The highest BCUT2D eigenvalue weighted by Gasteiger charge is 2.19. The van der Waals surface area contributed by atoms with Crippen LogP contribution in [0.4, 0.5) is 10.1 Å². The highest BCUT2D eigenvalue weighted by atomic mass is 19.1. The molecule has 0 aliphatic rings. The molecule has 4 aromatic rings. The molecule has 0 unspecified atom stereocenters. The summed E-state index contributed by atoms with van der Waals surface area (Å²) in [6.07, 6.45) is 1.45. The average Bonchev–Trinajstić information content (AvgIpc) is 3.25. The number of carbonyl (C=O) groups is 1. The molecule has 5 nitrogen and oxygen atoms in total. The fraction of sp³-hybridized carbons (Fsp3) is 0.0833. The van der Waals surface area contributed by atoms with Crippen LogP contribution < -0.4 is 10.1 Å². The first-order valence-corrected chi connectivity index (χ1v) is 9.50. The maximum atomic E-state index is 14.1. The topological polar surface area (TPSA) is 64.4 Å². The minimum absolute atomic E-state index is 0.233. The van der Waals surface area contributed by atoms with Crippen molar-refractivity contribution in [2.75, 3.05) is 11.9 Å². The Morgan fingerprint density at radius 3 is 2.50 bits per heavy atom. The molecule has 1 heterocycles. The Kier molecular flexibility index (Phi) is 5.57. The number of hydrogen-bond acceptors (Lipinski definition) is 4. The number of para-hydroxylation sites is 2. The number of aromatic nitrogens is 1. The lowest BCUT2D eigenvalue weighted by Crippen LogP contribution is -2.14. The van der Waals surface area contributed by atoms with Crippen molar-refractivity contribution >= 4 is 11.6 Å². The first kappa shape index (κ1) is 19.4. The number of rotatable bonds is 6. The number of benzene rings is 3. The molecule has 0 radical (unpaired) electrons. The lowest BCUT2D eigenvalue weighted by Gasteiger charge is -2.12. The number of carbonyl (C=O) groups excluding carboxylic acids is 1. The fourth-order valence-electron chi connectivity index (χ4n) is 3.09. The van der Waals surface area contributed by atoms with Gasteiger partial charge in [0.25, 0.3) is 5.91 Å². The molecular weight excluding hydrogens is 383 g/mol. The van der Waals surface area contributed by atoms with Crippen molar-refractivity contribution in [3.63, 3.8) is 0 Å². The number of anilines is 1. The second-order valence-electron chi connectivity index (χ2n) is 6.44. The quantitative estimate of drug-likeness (QED) is 0.443. The third-order valence-corrected chi connectivity index (χ3v) is 4.48. The van der Waals surface area contributed by atoms with E-state index in [0.717, 1.165) is 0 Å². The molecule has 0 saturated carbocycles. The summed E-state index contributed by atoms with van der Waals surface area (Å²) in [5, 5.41) is 2.88. The summed E-state index contributed by atoms with van der Waals surface area (Å²) in [4.78, 5) is 17.3. The van der Waals surface area contributed by atoms with Gasteiger partial charge < -0.3 is 14.5 Å². The van der Waals surface area contributed by atoms with Crippen molar-refractivity contribution in [1.29, 1.82) is 0 Å². The number of nitrogens with one attached hydrogen (secondary N) is 1. The molecule has 0 atom stereocenters. The van der Waals surface area contributed by atoms with E-state index >= 15 is 0 Å². The van der Waals surface area contributed by atoms with Gasteiger partial charge in [-0.15, -0.1) is 0 Å². The molecule has 1 N–H and O–H groups in total. The van der Waals surface area contributed by atoms with Crippen LogP contribution in [0.3, 0.4) is 0 Å². The SMILES string of the molecule is CCOc1ccccc1NC(=O)c1ccccc1-c1ncc(-c2ccccc2F)o1. The van der Waals surface area contributed by atoms with Crippen LogP contribution in [0.5, 0.6) is 5.75 Å². The van der Waals surface area contributed by atoms with E-state index in [1.165, 1.54) is 12.3 Å². The maximum Gasteiger partial charge on any atom is 0.256 e. The second-order valence-corrected chi connectivity index (χ2v) is 6.44. The minimum atomic E-state index is -0.404. The standard InChI is InChI=1S/C24H19FN2O3/c1-2-29-21-14-8-7-13-20(21)27-23(28)16-9-3-4-10-17(16)24-26-15-22(30-24)18-11-5-6-12-19(18)25/h3-15H,2H2,1H3,(H,27,28). The lowest BCUT2D eigenvalue weighted by molar-refractivity contribution is 0.102. The van der Waals surface area contributed by atoms with Crippen LogP contribution in [0.1, 0.15) is 17.3 Å². The normalized spacial score (nSPS) is 10.6. The van der Waals surface area contributed by atoms with Crippen LogP contribution in [0, 0.1) is 5.82 Å². The Hall–Kier alpha value is -3.93. The van der Waals surface area contributed by atoms with E-state index in [0.29, 0.717) is 40.5 Å². The number of nitrogens with zero attached hydrogens (tertiary/aromatic N) is 1. The van der Waals surface area contributed by atoms with Crippen LogP contribution in [0.15, 0.2) is 83.4 Å². The van der Waals surface area contributed by atoms with Crippen LogP contribution >= 0.6 is 0 Å². The smallest absolute Gasteiger partial charge is 0.256 e. The van der Waals surface area contributed by atoms with Crippen molar-refractivity contribution < 1.29 is 18.3 Å². The zero-order valence-corrected chi connectivity index (χ0v) is 16.3. The summed E-state index contributed by atoms with van der Waals surface area (Å²) in [5.41, 5.74) is 1.76. The molecule has 3 aromatic carbocycles. The first-order chi connectivity index (χ1) is 14.7. The molecule has 0 aliphatic heterocycles. The molecule has 1 aromatic heterocycles. The van der Waals surface area contributed by atoms with Crippen molar-refractivity contribution in [3.05, 3.63) is 90.4 Å². The van der Waals surface area contributed by atoms with Crippen LogP contribution in [0.25, 0.3) is 22.8 Å². The molecular formula is C24H19FN2O3. The summed E-state index contributed by atoms with van der Waals surface area (Å²) in [6.45, 7) is 2.36. The predicted octanol–water partition coefficient (Wildman–Crippen LogP) is 5.80. The molecule has 1 amide bonds. The molecule has 150 valence electrons. The van der Waals surface area contributed by atoms with Gasteiger partial charge in [-0.2, -0.15) is 0 Å². The first-order valence-electron chi connectivity index (χ1n) is 9.50. The second kappa shape index (κ2) is 8.61. The molecule has 0 spiro atoms.